The third-order valence-electron chi connectivity index (χ3n) is 4.04. The maximum Gasteiger partial charge on any atom is 0.328 e. The molecule has 0 aliphatic heterocycles. The topological polar surface area (TPSA) is 37.3 Å². The van der Waals surface area contributed by atoms with Gasteiger partial charge in [0.15, 0.2) is 0 Å². The normalized spacial score (nSPS) is 41.1. The lowest BCUT2D eigenvalue weighted by atomic mass is 9.71. The SMILES string of the molecule is C=C1C2CCC(C2)C1(C)C=CC(=O)O. The average Bonchev–Trinajstić information content (AvgIpc) is 2.68. The zero-order chi connectivity index (χ0) is 10.3. The molecular formula is C12H16O2. The van der Waals surface area contributed by atoms with E-state index in [1.807, 2.05) is 6.08 Å². The van der Waals surface area contributed by atoms with Gasteiger partial charge in [-0.05, 0) is 31.1 Å². The summed E-state index contributed by atoms with van der Waals surface area (Å²) in [6.07, 6.45) is 6.79. The summed E-state index contributed by atoms with van der Waals surface area (Å²) in [4.78, 5) is 10.5. The molecular weight excluding hydrogens is 176 g/mol. The summed E-state index contributed by atoms with van der Waals surface area (Å²) in [6.45, 7) is 6.25. The fourth-order valence-electron chi connectivity index (χ4n) is 3.03. The molecule has 76 valence electrons. The highest BCUT2D eigenvalue weighted by Gasteiger charge is 2.49. The second-order valence-electron chi connectivity index (χ2n) is 4.69. The van der Waals surface area contributed by atoms with Crippen molar-refractivity contribution in [1.29, 1.82) is 0 Å². The maximum absolute atomic E-state index is 10.5. The molecule has 2 nitrogen and oxygen atoms in total. The molecule has 0 aromatic rings. The monoisotopic (exact) mass is 192 g/mol. The van der Waals surface area contributed by atoms with Gasteiger partial charge in [-0.1, -0.05) is 25.2 Å². The van der Waals surface area contributed by atoms with Gasteiger partial charge in [0, 0.05) is 11.5 Å². The minimum absolute atomic E-state index is 0.0543. The molecule has 3 atom stereocenters. The van der Waals surface area contributed by atoms with Crippen molar-refractivity contribution in [2.75, 3.05) is 0 Å². The first-order valence-electron chi connectivity index (χ1n) is 5.15. The largest absolute Gasteiger partial charge is 0.478 e. The zero-order valence-corrected chi connectivity index (χ0v) is 8.49. The number of hydrogen-bond acceptors (Lipinski definition) is 1. The van der Waals surface area contributed by atoms with Gasteiger partial charge in [0.2, 0.25) is 0 Å². The fourth-order valence-corrected chi connectivity index (χ4v) is 3.03. The molecule has 2 rings (SSSR count). The van der Waals surface area contributed by atoms with Crippen molar-refractivity contribution >= 4 is 5.97 Å². The summed E-state index contributed by atoms with van der Waals surface area (Å²) in [5.41, 5.74) is 1.19. The minimum Gasteiger partial charge on any atom is -0.478 e. The first-order chi connectivity index (χ1) is 6.54. The fraction of sp³-hybridized carbons (Fsp3) is 0.583. The smallest absolute Gasteiger partial charge is 0.328 e. The molecule has 3 unspecified atom stereocenters. The predicted molar refractivity (Wildman–Crippen MR) is 54.9 cm³/mol. The van der Waals surface area contributed by atoms with E-state index in [0.29, 0.717) is 11.8 Å². The molecule has 2 heteroatoms. The highest BCUT2D eigenvalue weighted by molar-refractivity contribution is 5.80. The van der Waals surface area contributed by atoms with Gasteiger partial charge < -0.3 is 5.11 Å². The molecule has 0 aromatic carbocycles. The molecule has 14 heavy (non-hydrogen) atoms. The van der Waals surface area contributed by atoms with E-state index < -0.39 is 5.97 Å². The Balaban J connectivity index is 2.24. The summed E-state index contributed by atoms with van der Waals surface area (Å²) < 4.78 is 0. The number of rotatable bonds is 2. The van der Waals surface area contributed by atoms with Crippen molar-refractivity contribution in [3.8, 4) is 0 Å². The summed E-state index contributed by atoms with van der Waals surface area (Å²) in [7, 11) is 0. The molecule has 0 radical (unpaired) electrons. The number of hydrogen-bond donors (Lipinski definition) is 1. The van der Waals surface area contributed by atoms with E-state index in [9.17, 15) is 4.79 Å². The predicted octanol–water partition coefficient (Wildman–Crippen LogP) is 2.62. The van der Waals surface area contributed by atoms with Crippen LogP contribution in [0.2, 0.25) is 0 Å². The van der Waals surface area contributed by atoms with Crippen molar-refractivity contribution < 1.29 is 9.90 Å². The van der Waals surface area contributed by atoms with E-state index in [1.165, 1.54) is 30.9 Å². The third-order valence-corrected chi connectivity index (χ3v) is 4.04. The molecule has 0 amide bonds. The van der Waals surface area contributed by atoms with Crippen molar-refractivity contribution in [3.05, 3.63) is 24.3 Å². The van der Waals surface area contributed by atoms with Gasteiger partial charge in [0.25, 0.3) is 0 Å². The van der Waals surface area contributed by atoms with Gasteiger partial charge >= 0.3 is 5.97 Å². The second-order valence-corrected chi connectivity index (χ2v) is 4.69. The number of aliphatic carboxylic acids is 1. The van der Waals surface area contributed by atoms with Crippen molar-refractivity contribution in [2.45, 2.75) is 26.2 Å². The molecule has 2 bridgehead atoms. The Labute approximate surface area is 84.3 Å². The molecule has 0 saturated heterocycles. The zero-order valence-electron chi connectivity index (χ0n) is 8.49. The highest BCUT2D eigenvalue weighted by Crippen LogP contribution is 2.59. The van der Waals surface area contributed by atoms with Crippen molar-refractivity contribution in [2.24, 2.45) is 17.3 Å². The molecule has 2 saturated carbocycles. The highest BCUT2D eigenvalue weighted by atomic mass is 16.4. The van der Waals surface area contributed by atoms with Crippen LogP contribution in [0.15, 0.2) is 24.3 Å². The molecule has 2 aliphatic carbocycles. The van der Waals surface area contributed by atoms with Crippen LogP contribution in [-0.2, 0) is 4.79 Å². The number of carbonyl (C=O) groups is 1. The van der Waals surface area contributed by atoms with Gasteiger partial charge in [-0.15, -0.1) is 0 Å². The van der Waals surface area contributed by atoms with E-state index in [0.717, 1.165) is 0 Å². The number of carboxylic acid groups (broad SMARTS) is 1. The maximum atomic E-state index is 10.5. The Morgan fingerprint density at radius 3 is 2.86 bits per heavy atom. The van der Waals surface area contributed by atoms with E-state index in [-0.39, 0.29) is 5.41 Å². The summed E-state index contributed by atoms with van der Waals surface area (Å²) in [6, 6.07) is 0. The summed E-state index contributed by atoms with van der Waals surface area (Å²) in [5, 5.41) is 8.63. The lowest BCUT2D eigenvalue weighted by Crippen LogP contribution is -2.24. The van der Waals surface area contributed by atoms with Crippen molar-refractivity contribution in [1.82, 2.24) is 0 Å². The molecule has 1 N–H and O–H groups in total. The molecule has 0 spiro atoms. The average molecular weight is 192 g/mol. The summed E-state index contributed by atoms with van der Waals surface area (Å²) in [5.74, 6) is 0.404. The standard InChI is InChI=1S/C12H16O2/c1-8-9-3-4-10(7-9)12(8,2)6-5-11(13)14/h5-6,9-10H,1,3-4,7H2,2H3,(H,13,14). The van der Waals surface area contributed by atoms with Crippen LogP contribution >= 0.6 is 0 Å². The quantitative estimate of drug-likeness (QED) is 0.539. The van der Waals surface area contributed by atoms with E-state index in [2.05, 4.69) is 13.5 Å². The van der Waals surface area contributed by atoms with Gasteiger partial charge in [-0.2, -0.15) is 0 Å². The number of fused-ring (bicyclic) bond motifs is 2. The lowest BCUT2D eigenvalue weighted by molar-refractivity contribution is -0.131. The number of carboxylic acids is 1. The second kappa shape index (κ2) is 2.97. The van der Waals surface area contributed by atoms with Crippen LogP contribution in [0.1, 0.15) is 26.2 Å². The molecule has 0 heterocycles. The lowest BCUT2D eigenvalue weighted by Gasteiger charge is -2.33. The Hall–Kier alpha value is -1.05. The van der Waals surface area contributed by atoms with Crippen LogP contribution in [0.3, 0.4) is 0 Å². The molecule has 0 aromatic heterocycles. The molecule has 2 aliphatic rings. The Bertz CT molecular complexity index is 316. The Kier molecular flexibility index (Phi) is 2.02. The van der Waals surface area contributed by atoms with E-state index >= 15 is 0 Å². The first-order valence-corrected chi connectivity index (χ1v) is 5.15. The van der Waals surface area contributed by atoms with Crippen LogP contribution in [0.4, 0.5) is 0 Å². The Morgan fingerprint density at radius 2 is 2.36 bits per heavy atom. The van der Waals surface area contributed by atoms with Crippen LogP contribution < -0.4 is 0 Å². The van der Waals surface area contributed by atoms with Crippen LogP contribution in [0.5, 0.6) is 0 Å². The number of allylic oxidation sites excluding steroid dienone is 2. The van der Waals surface area contributed by atoms with E-state index in [4.69, 9.17) is 5.11 Å². The van der Waals surface area contributed by atoms with Crippen LogP contribution in [0.25, 0.3) is 0 Å². The van der Waals surface area contributed by atoms with Crippen molar-refractivity contribution in [3.63, 3.8) is 0 Å². The minimum atomic E-state index is -0.859. The third kappa shape index (κ3) is 1.21. The van der Waals surface area contributed by atoms with E-state index in [1.54, 1.807) is 0 Å². The van der Waals surface area contributed by atoms with Gasteiger partial charge in [0.05, 0.1) is 0 Å². The van der Waals surface area contributed by atoms with Gasteiger partial charge in [0.1, 0.15) is 0 Å². The van der Waals surface area contributed by atoms with Gasteiger partial charge in [-0.25, -0.2) is 4.79 Å². The summed E-state index contributed by atoms with van der Waals surface area (Å²) >= 11 is 0. The molecule has 2 fully saturated rings. The Morgan fingerprint density at radius 1 is 1.64 bits per heavy atom. The van der Waals surface area contributed by atoms with Crippen LogP contribution in [-0.4, -0.2) is 11.1 Å². The first kappa shape index (κ1) is 9.50. The van der Waals surface area contributed by atoms with Crippen LogP contribution in [0, 0.1) is 17.3 Å². The van der Waals surface area contributed by atoms with Gasteiger partial charge in [-0.3, -0.25) is 0 Å².